The first kappa shape index (κ1) is 8.58. The van der Waals surface area contributed by atoms with E-state index in [4.69, 9.17) is 11.6 Å². The molecular formula is C12H11Cl. The van der Waals surface area contributed by atoms with Crippen molar-refractivity contribution in [1.82, 2.24) is 0 Å². The standard InChI is InChI=1S/C12H11Cl/c13-12-9-5-4-8-11(12)10-6-2-1-3-7-10/h1-3,6-9H,4-5H2. The van der Waals surface area contributed by atoms with E-state index in [9.17, 15) is 0 Å². The molecule has 1 aromatic rings. The fourth-order valence-electron chi connectivity index (χ4n) is 1.52. The Kier molecular flexibility index (Phi) is 2.51. The van der Waals surface area contributed by atoms with Crippen LogP contribution in [0.3, 0.4) is 0 Å². The maximum Gasteiger partial charge on any atom is 0.0441 e. The van der Waals surface area contributed by atoms with Crippen molar-refractivity contribution >= 4 is 17.2 Å². The van der Waals surface area contributed by atoms with Crippen LogP contribution in [0.1, 0.15) is 18.4 Å². The summed E-state index contributed by atoms with van der Waals surface area (Å²) in [7, 11) is 0. The molecule has 1 aromatic carbocycles. The van der Waals surface area contributed by atoms with Crippen LogP contribution in [0, 0.1) is 0 Å². The average Bonchev–Trinajstić information content (AvgIpc) is 2.20. The Morgan fingerprint density at radius 1 is 0.923 bits per heavy atom. The second kappa shape index (κ2) is 3.80. The summed E-state index contributed by atoms with van der Waals surface area (Å²) in [5, 5.41) is 0.887. The summed E-state index contributed by atoms with van der Waals surface area (Å²) in [6.07, 6.45) is 6.46. The number of benzene rings is 1. The lowest BCUT2D eigenvalue weighted by molar-refractivity contribution is 1.04. The lowest BCUT2D eigenvalue weighted by atomic mass is 9.99. The van der Waals surface area contributed by atoms with Crippen molar-refractivity contribution in [1.29, 1.82) is 0 Å². The van der Waals surface area contributed by atoms with Gasteiger partial charge in [0.15, 0.2) is 0 Å². The first-order valence-electron chi connectivity index (χ1n) is 4.49. The SMILES string of the molecule is ClC1=CCCC=C1c1ccccc1. The van der Waals surface area contributed by atoms with E-state index in [1.807, 2.05) is 18.2 Å². The van der Waals surface area contributed by atoms with Gasteiger partial charge >= 0.3 is 0 Å². The molecule has 0 aliphatic heterocycles. The third-order valence-electron chi connectivity index (χ3n) is 2.18. The molecule has 0 spiro atoms. The maximum atomic E-state index is 6.11. The largest absolute Gasteiger partial charge is 0.0840 e. The molecule has 1 aliphatic rings. The van der Waals surface area contributed by atoms with Gasteiger partial charge in [0.2, 0.25) is 0 Å². The molecule has 0 nitrogen and oxygen atoms in total. The third kappa shape index (κ3) is 1.84. The molecule has 0 heterocycles. The molecule has 0 aromatic heterocycles. The highest BCUT2D eigenvalue weighted by Crippen LogP contribution is 2.30. The minimum atomic E-state index is 0.887. The van der Waals surface area contributed by atoms with Gasteiger partial charge in [0.05, 0.1) is 0 Å². The average molecular weight is 191 g/mol. The Morgan fingerprint density at radius 3 is 2.31 bits per heavy atom. The van der Waals surface area contributed by atoms with E-state index in [0.717, 1.165) is 17.9 Å². The van der Waals surface area contributed by atoms with E-state index >= 15 is 0 Å². The normalized spacial score (nSPS) is 16.4. The Bertz CT molecular complexity index is 347. The second-order valence-corrected chi connectivity index (χ2v) is 3.52. The summed E-state index contributed by atoms with van der Waals surface area (Å²) in [6.45, 7) is 0. The predicted octanol–water partition coefficient (Wildman–Crippen LogP) is 3.99. The van der Waals surface area contributed by atoms with Gasteiger partial charge in [-0.05, 0) is 24.0 Å². The van der Waals surface area contributed by atoms with Crippen molar-refractivity contribution in [3.05, 3.63) is 53.1 Å². The van der Waals surface area contributed by atoms with Gasteiger partial charge in [-0.15, -0.1) is 0 Å². The summed E-state index contributed by atoms with van der Waals surface area (Å²) >= 11 is 6.11. The van der Waals surface area contributed by atoms with Gasteiger partial charge in [0, 0.05) is 5.03 Å². The first-order valence-corrected chi connectivity index (χ1v) is 4.87. The Morgan fingerprint density at radius 2 is 1.62 bits per heavy atom. The third-order valence-corrected chi connectivity index (χ3v) is 2.54. The molecule has 1 heteroatoms. The highest BCUT2D eigenvalue weighted by Gasteiger charge is 2.07. The number of hydrogen-bond donors (Lipinski definition) is 0. The minimum Gasteiger partial charge on any atom is -0.0840 e. The van der Waals surface area contributed by atoms with Crippen LogP contribution < -0.4 is 0 Å². The van der Waals surface area contributed by atoms with E-state index in [1.165, 1.54) is 11.1 Å². The lowest BCUT2D eigenvalue weighted by Gasteiger charge is -2.10. The molecule has 0 saturated carbocycles. The zero-order valence-electron chi connectivity index (χ0n) is 7.33. The van der Waals surface area contributed by atoms with Gasteiger partial charge in [-0.25, -0.2) is 0 Å². The number of halogens is 1. The fourth-order valence-corrected chi connectivity index (χ4v) is 1.81. The van der Waals surface area contributed by atoms with Crippen LogP contribution in [0.2, 0.25) is 0 Å². The molecule has 0 unspecified atom stereocenters. The van der Waals surface area contributed by atoms with Crippen molar-refractivity contribution in [2.24, 2.45) is 0 Å². The van der Waals surface area contributed by atoms with E-state index in [0.29, 0.717) is 0 Å². The summed E-state index contributed by atoms with van der Waals surface area (Å²) in [5.41, 5.74) is 2.39. The van der Waals surface area contributed by atoms with Crippen LogP contribution in [-0.2, 0) is 0 Å². The Labute approximate surface area is 83.5 Å². The smallest absolute Gasteiger partial charge is 0.0441 e. The summed E-state index contributed by atoms with van der Waals surface area (Å²) in [5.74, 6) is 0. The number of rotatable bonds is 1. The lowest BCUT2D eigenvalue weighted by Crippen LogP contribution is -1.89. The maximum absolute atomic E-state index is 6.11. The van der Waals surface area contributed by atoms with Crippen LogP contribution in [0.15, 0.2) is 47.5 Å². The molecule has 0 fully saturated rings. The molecule has 0 saturated heterocycles. The van der Waals surface area contributed by atoms with Crippen molar-refractivity contribution < 1.29 is 0 Å². The molecule has 0 atom stereocenters. The number of hydrogen-bond acceptors (Lipinski definition) is 0. The highest BCUT2D eigenvalue weighted by molar-refractivity contribution is 6.37. The van der Waals surface area contributed by atoms with Gasteiger partial charge in [0.25, 0.3) is 0 Å². The Balaban J connectivity index is 2.37. The number of allylic oxidation sites excluding steroid dienone is 4. The molecule has 13 heavy (non-hydrogen) atoms. The summed E-state index contributed by atoms with van der Waals surface area (Å²) in [4.78, 5) is 0. The molecule has 0 amide bonds. The molecule has 2 rings (SSSR count). The summed E-state index contributed by atoms with van der Waals surface area (Å²) in [6, 6.07) is 10.3. The van der Waals surface area contributed by atoms with Crippen LogP contribution in [0.5, 0.6) is 0 Å². The van der Waals surface area contributed by atoms with Crippen LogP contribution >= 0.6 is 11.6 Å². The monoisotopic (exact) mass is 190 g/mol. The van der Waals surface area contributed by atoms with Crippen LogP contribution in [-0.4, -0.2) is 0 Å². The van der Waals surface area contributed by atoms with Gasteiger partial charge < -0.3 is 0 Å². The van der Waals surface area contributed by atoms with E-state index in [-0.39, 0.29) is 0 Å². The van der Waals surface area contributed by atoms with Gasteiger partial charge in [-0.3, -0.25) is 0 Å². The quantitative estimate of drug-likeness (QED) is 0.628. The molecule has 0 bridgehead atoms. The van der Waals surface area contributed by atoms with Gasteiger partial charge in [-0.2, -0.15) is 0 Å². The molecule has 1 aliphatic carbocycles. The zero-order valence-corrected chi connectivity index (χ0v) is 8.09. The molecule has 66 valence electrons. The van der Waals surface area contributed by atoms with Crippen LogP contribution in [0.25, 0.3) is 5.57 Å². The van der Waals surface area contributed by atoms with E-state index < -0.39 is 0 Å². The highest BCUT2D eigenvalue weighted by atomic mass is 35.5. The van der Waals surface area contributed by atoms with Crippen molar-refractivity contribution in [3.8, 4) is 0 Å². The first-order chi connectivity index (χ1) is 6.38. The zero-order chi connectivity index (χ0) is 9.10. The van der Waals surface area contributed by atoms with Crippen LogP contribution in [0.4, 0.5) is 0 Å². The van der Waals surface area contributed by atoms with Gasteiger partial charge in [0.1, 0.15) is 0 Å². The predicted molar refractivity (Wildman–Crippen MR) is 57.6 cm³/mol. The molecule has 0 N–H and O–H groups in total. The summed E-state index contributed by atoms with van der Waals surface area (Å²) < 4.78 is 0. The van der Waals surface area contributed by atoms with E-state index in [2.05, 4.69) is 24.3 Å². The Hall–Kier alpha value is -1.01. The van der Waals surface area contributed by atoms with Crippen molar-refractivity contribution in [2.45, 2.75) is 12.8 Å². The van der Waals surface area contributed by atoms with Crippen molar-refractivity contribution in [2.75, 3.05) is 0 Å². The fraction of sp³-hybridized carbons (Fsp3) is 0.167. The molecular weight excluding hydrogens is 180 g/mol. The van der Waals surface area contributed by atoms with Gasteiger partial charge in [-0.1, -0.05) is 54.1 Å². The molecule has 0 radical (unpaired) electrons. The second-order valence-electron chi connectivity index (χ2n) is 3.11. The topological polar surface area (TPSA) is 0 Å². The minimum absolute atomic E-state index is 0.887. The van der Waals surface area contributed by atoms with Crippen molar-refractivity contribution in [3.63, 3.8) is 0 Å². The van der Waals surface area contributed by atoms with E-state index in [1.54, 1.807) is 0 Å².